The Kier molecular flexibility index (Phi) is 5.31. The molecule has 0 bridgehead atoms. The lowest BCUT2D eigenvalue weighted by atomic mass is 10.0. The summed E-state index contributed by atoms with van der Waals surface area (Å²) in [4.78, 5) is 6.76. The molecule has 4 heteroatoms. The number of ether oxygens (including phenoxy) is 1. The van der Waals surface area contributed by atoms with Gasteiger partial charge in [-0.25, -0.2) is 0 Å². The van der Waals surface area contributed by atoms with E-state index in [1.54, 1.807) is 0 Å². The molecular weight excluding hydrogens is 240 g/mol. The molecule has 106 valence electrons. The molecule has 0 saturated carbocycles. The number of rotatable bonds is 6. The van der Waals surface area contributed by atoms with Crippen LogP contribution in [0.5, 0.6) is 0 Å². The molecule has 0 amide bonds. The molecule has 1 N–H and O–H groups in total. The molecule has 2 heterocycles. The number of aliphatic hydroxyl groups excluding tert-OH is 1. The van der Waals surface area contributed by atoms with Crippen LogP contribution in [-0.4, -0.2) is 47.4 Å². The summed E-state index contributed by atoms with van der Waals surface area (Å²) in [6.07, 6.45) is 0.675. The maximum atomic E-state index is 10.2. The van der Waals surface area contributed by atoms with Gasteiger partial charge in [0.05, 0.1) is 18.4 Å². The topological polar surface area (TPSA) is 45.6 Å². The van der Waals surface area contributed by atoms with Crippen molar-refractivity contribution in [2.24, 2.45) is 5.92 Å². The van der Waals surface area contributed by atoms with E-state index in [4.69, 9.17) is 4.74 Å². The molecule has 1 aromatic heterocycles. The first kappa shape index (κ1) is 14.4. The van der Waals surface area contributed by atoms with Crippen LogP contribution in [0.1, 0.15) is 24.7 Å². The van der Waals surface area contributed by atoms with E-state index in [1.807, 2.05) is 25.1 Å². The summed E-state index contributed by atoms with van der Waals surface area (Å²) in [5.41, 5.74) is 2.11. The smallest absolute Gasteiger partial charge is 0.0718 e. The van der Waals surface area contributed by atoms with Gasteiger partial charge in [-0.2, -0.15) is 0 Å². The predicted molar refractivity (Wildman–Crippen MR) is 74.9 cm³/mol. The van der Waals surface area contributed by atoms with Crippen molar-refractivity contribution < 1.29 is 9.84 Å². The Morgan fingerprint density at radius 2 is 2.37 bits per heavy atom. The zero-order chi connectivity index (χ0) is 13.7. The van der Waals surface area contributed by atoms with Crippen molar-refractivity contribution in [2.45, 2.75) is 32.9 Å². The van der Waals surface area contributed by atoms with E-state index in [-0.39, 0.29) is 6.10 Å². The van der Waals surface area contributed by atoms with Crippen molar-refractivity contribution in [2.75, 3.05) is 26.3 Å². The third-order valence-corrected chi connectivity index (χ3v) is 3.73. The lowest BCUT2D eigenvalue weighted by Gasteiger charge is -2.26. The van der Waals surface area contributed by atoms with Gasteiger partial charge in [0, 0.05) is 31.3 Å². The zero-order valence-corrected chi connectivity index (χ0v) is 11.9. The van der Waals surface area contributed by atoms with Crippen LogP contribution in [0.15, 0.2) is 18.2 Å². The number of aryl methyl sites for hydroxylation is 1. The van der Waals surface area contributed by atoms with E-state index in [2.05, 4.69) is 16.8 Å². The van der Waals surface area contributed by atoms with Crippen LogP contribution < -0.4 is 0 Å². The first-order chi connectivity index (χ1) is 9.19. The van der Waals surface area contributed by atoms with Gasteiger partial charge in [0.15, 0.2) is 0 Å². The van der Waals surface area contributed by atoms with Crippen LogP contribution in [0.4, 0.5) is 0 Å². The molecule has 1 saturated heterocycles. The summed E-state index contributed by atoms with van der Waals surface area (Å²) >= 11 is 0. The molecule has 2 atom stereocenters. The molecule has 4 nitrogen and oxygen atoms in total. The van der Waals surface area contributed by atoms with Crippen molar-refractivity contribution in [3.63, 3.8) is 0 Å². The van der Waals surface area contributed by atoms with Crippen molar-refractivity contribution in [3.8, 4) is 0 Å². The summed E-state index contributed by atoms with van der Waals surface area (Å²) in [6, 6.07) is 6.08. The first-order valence-electron chi connectivity index (χ1n) is 7.09. The van der Waals surface area contributed by atoms with E-state index < -0.39 is 0 Å². The van der Waals surface area contributed by atoms with E-state index >= 15 is 0 Å². The van der Waals surface area contributed by atoms with Gasteiger partial charge >= 0.3 is 0 Å². The predicted octanol–water partition coefficient (Wildman–Crippen LogP) is 1.61. The second-order valence-electron chi connectivity index (χ2n) is 5.29. The SMILES string of the molecule is CCN(Cc1cccc(C)n1)CC(O)C1CCOC1. The van der Waals surface area contributed by atoms with Gasteiger partial charge < -0.3 is 9.84 Å². The number of hydrogen-bond acceptors (Lipinski definition) is 4. The highest BCUT2D eigenvalue weighted by Gasteiger charge is 2.25. The molecule has 1 aliphatic heterocycles. The van der Waals surface area contributed by atoms with Gasteiger partial charge in [-0.3, -0.25) is 9.88 Å². The van der Waals surface area contributed by atoms with Crippen molar-refractivity contribution in [1.29, 1.82) is 0 Å². The van der Waals surface area contributed by atoms with Gasteiger partial charge in [0.25, 0.3) is 0 Å². The molecule has 0 aromatic carbocycles. The Labute approximate surface area is 115 Å². The average Bonchev–Trinajstić information content (AvgIpc) is 2.92. The number of likely N-dealkylation sites (N-methyl/N-ethyl adjacent to an activating group) is 1. The van der Waals surface area contributed by atoms with Crippen molar-refractivity contribution in [3.05, 3.63) is 29.6 Å². The molecule has 19 heavy (non-hydrogen) atoms. The molecule has 0 spiro atoms. The highest BCUT2D eigenvalue weighted by atomic mass is 16.5. The fraction of sp³-hybridized carbons (Fsp3) is 0.667. The zero-order valence-electron chi connectivity index (χ0n) is 11.9. The molecule has 1 aliphatic rings. The molecule has 0 radical (unpaired) electrons. The molecule has 0 aliphatic carbocycles. The summed E-state index contributed by atoms with van der Waals surface area (Å²) in [5.74, 6) is 0.291. The quantitative estimate of drug-likeness (QED) is 0.848. The van der Waals surface area contributed by atoms with Crippen LogP contribution in [0.2, 0.25) is 0 Å². The lowest BCUT2D eigenvalue weighted by molar-refractivity contribution is 0.0547. The van der Waals surface area contributed by atoms with Gasteiger partial charge in [0.1, 0.15) is 0 Å². The fourth-order valence-corrected chi connectivity index (χ4v) is 2.49. The van der Waals surface area contributed by atoms with Gasteiger partial charge in [-0.15, -0.1) is 0 Å². The highest BCUT2D eigenvalue weighted by molar-refractivity contribution is 5.09. The molecular formula is C15H24N2O2. The third-order valence-electron chi connectivity index (χ3n) is 3.73. The summed E-state index contributed by atoms with van der Waals surface area (Å²) in [5, 5.41) is 10.2. The molecule has 1 aromatic rings. The first-order valence-corrected chi connectivity index (χ1v) is 7.09. The number of pyridine rings is 1. The van der Waals surface area contributed by atoms with Crippen LogP contribution in [-0.2, 0) is 11.3 Å². The Morgan fingerprint density at radius 1 is 1.53 bits per heavy atom. The monoisotopic (exact) mass is 264 g/mol. The number of aliphatic hydroxyl groups is 1. The minimum atomic E-state index is -0.299. The van der Waals surface area contributed by atoms with E-state index in [9.17, 15) is 5.11 Å². The molecule has 2 rings (SSSR count). The van der Waals surface area contributed by atoms with E-state index in [1.165, 1.54) is 0 Å². The fourth-order valence-electron chi connectivity index (χ4n) is 2.49. The Hall–Kier alpha value is -0.970. The second-order valence-corrected chi connectivity index (χ2v) is 5.29. The Balaban J connectivity index is 1.89. The summed E-state index contributed by atoms with van der Waals surface area (Å²) in [6.45, 7) is 8.01. The lowest BCUT2D eigenvalue weighted by Crippen LogP contribution is -2.36. The minimum absolute atomic E-state index is 0.291. The number of hydrogen-bond donors (Lipinski definition) is 1. The number of aromatic nitrogens is 1. The standard InChI is InChI=1S/C15H24N2O2/c1-3-17(9-14-6-4-5-12(2)16-14)10-15(18)13-7-8-19-11-13/h4-6,13,15,18H,3,7-11H2,1-2H3. The normalized spacial score (nSPS) is 20.9. The van der Waals surface area contributed by atoms with Gasteiger partial charge in [-0.05, 0) is 32.0 Å². The highest BCUT2D eigenvalue weighted by Crippen LogP contribution is 2.18. The van der Waals surface area contributed by atoms with Crippen molar-refractivity contribution >= 4 is 0 Å². The van der Waals surface area contributed by atoms with Crippen LogP contribution >= 0.6 is 0 Å². The van der Waals surface area contributed by atoms with Crippen LogP contribution in [0.3, 0.4) is 0 Å². The number of nitrogens with zero attached hydrogens (tertiary/aromatic N) is 2. The van der Waals surface area contributed by atoms with Crippen molar-refractivity contribution in [1.82, 2.24) is 9.88 Å². The summed E-state index contributed by atoms with van der Waals surface area (Å²) < 4.78 is 5.34. The van der Waals surface area contributed by atoms with Gasteiger partial charge in [-0.1, -0.05) is 13.0 Å². The van der Waals surface area contributed by atoms with E-state index in [0.717, 1.165) is 37.5 Å². The largest absolute Gasteiger partial charge is 0.391 e. The molecule has 1 fully saturated rings. The van der Waals surface area contributed by atoms with Gasteiger partial charge in [0.2, 0.25) is 0 Å². The Morgan fingerprint density at radius 3 is 3.00 bits per heavy atom. The van der Waals surface area contributed by atoms with Crippen LogP contribution in [0.25, 0.3) is 0 Å². The van der Waals surface area contributed by atoms with E-state index in [0.29, 0.717) is 19.1 Å². The third kappa shape index (κ3) is 4.27. The molecule has 2 unspecified atom stereocenters. The summed E-state index contributed by atoms with van der Waals surface area (Å²) in [7, 11) is 0. The Bertz CT molecular complexity index is 391. The maximum Gasteiger partial charge on any atom is 0.0718 e. The van der Waals surface area contributed by atoms with Crippen LogP contribution in [0, 0.1) is 12.8 Å². The average molecular weight is 264 g/mol. The minimum Gasteiger partial charge on any atom is -0.391 e. The maximum absolute atomic E-state index is 10.2. The second kappa shape index (κ2) is 6.98.